The van der Waals surface area contributed by atoms with E-state index < -0.39 is 0 Å². The van der Waals surface area contributed by atoms with Crippen LogP contribution in [-0.4, -0.2) is 13.8 Å². The van der Waals surface area contributed by atoms with Crippen LogP contribution in [0.2, 0.25) is 5.04 Å². The molecular formula is C12H19BrSi. The Morgan fingerprint density at radius 2 is 2.14 bits per heavy atom. The molecule has 3 saturated carbocycles. The minimum absolute atomic E-state index is 0.0362. The summed E-state index contributed by atoms with van der Waals surface area (Å²) >= 11 is 3.58. The highest BCUT2D eigenvalue weighted by Gasteiger charge is 2.46. The predicted molar refractivity (Wildman–Crippen MR) is 68.6 cm³/mol. The molecule has 3 aliphatic carbocycles. The van der Waals surface area contributed by atoms with Crippen molar-refractivity contribution in [2.75, 3.05) is 0 Å². The number of fused-ring (bicyclic) bond motifs is 2. The maximum atomic E-state index is 3.58. The Hall–Kier alpha value is 0.257. The van der Waals surface area contributed by atoms with Crippen molar-refractivity contribution in [3.8, 4) is 11.5 Å². The fourth-order valence-corrected chi connectivity index (χ4v) is 5.85. The van der Waals surface area contributed by atoms with Crippen molar-refractivity contribution in [3.05, 3.63) is 0 Å². The van der Waals surface area contributed by atoms with E-state index in [2.05, 4.69) is 41.2 Å². The lowest BCUT2D eigenvalue weighted by Gasteiger charge is -2.51. The highest BCUT2D eigenvalue weighted by molar-refractivity contribution is 9.10. The van der Waals surface area contributed by atoms with E-state index in [-0.39, 0.29) is 13.8 Å². The molecule has 0 spiro atoms. The molecule has 0 aromatic carbocycles. The van der Waals surface area contributed by atoms with Gasteiger partial charge >= 0.3 is 0 Å². The second-order valence-electron chi connectivity index (χ2n) is 5.62. The first-order valence-corrected chi connectivity index (χ1v) is 7.89. The summed E-state index contributed by atoms with van der Waals surface area (Å²) < 4.78 is 0.0362. The summed E-state index contributed by atoms with van der Waals surface area (Å²) in [7, 11) is -0.136. The zero-order valence-corrected chi connectivity index (χ0v) is 12.2. The maximum Gasteiger partial charge on any atom is 0.113 e. The average Bonchev–Trinajstić information content (AvgIpc) is 2.01. The lowest BCUT2D eigenvalue weighted by Crippen LogP contribution is -2.39. The van der Waals surface area contributed by atoms with Crippen LogP contribution in [0.3, 0.4) is 0 Å². The van der Waals surface area contributed by atoms with E-state index >= 15 is 0 Å². The largest absolute Gasteiger partial charge is 0.138 e. The van der Waals surface area contributed by atoms with Crippen LogP contribution in [0.1, 0.15) is 46.0 Å². The molecule has 0 radical (unpaired) electrons. The third-order valence-electron chi connectivity index (χ3n) is 3.61. The topological polar surface area (TPSA) is 0 Å². The zero-order valence-electron chi connectivity index (χ0n) is 9.20. The molecule has 14 heavy (non-hydrogen) atoms. The molecular weight excluding hydrogens is 252 g/mol. The molecule has 0 amide bonds. The summed E-state index contributed by atoms with van der Waals surface area (Å²) in [5.74, 6) is 4.44. The van der Waals surface area contributed by atoms with Crippen molar-refractivity contribution in [2.24, 2.45) is 5.92 Å². The fraction of sp³-hybridized carbons (Fsp3) is 0.833. The molecule has 0 saturated heterocycles. The quantitative estimate of drug-likeness (QED) is 0.391. The molecule has 0 N–H and O–H groups in total. The highest BCUT2D eigenvalue weighted by Crippen LogP contribution is 2.60. The van der Waals surface area contributed by atoms with Crippen LogP contribution < -0.4 is 0 Å². The number of hydrogen-bond donors (Lipinski definition) is 0. The van der Waals surface area contributed by atoms with Crippen LogP contribution in [0.15, 0.2) is 0 Å². The summed E-state index contributed by atoms with van der Waals surface area (Å²) in [6.07, 6.45) is 7.53. The molecule has 0 nitrogen and oxygen atoms in total. The SMILES string of the molecule is CC(C)(Br)C#C[SiH2]C12CCCC(C1)C2. The van der Waals surface area contributed by atoms with Gasteiger partial charge in [-0.1, -0.05) is 34.7 Å². The van der Waals surface area contributed by atoms with Gasteiger partial charge in [-0.2, -0.15) is 0 Å². The van der Waals surface area contributed by atoms with E-state index in [1.807, 2.05) is 0 Å². The third-order valence-corrected chi connectivity index (χ3v) is 5.84. The van der Waals surface area contributed by atoms with Crippen molar-refractivity contribution in [1.82, 2.24) is 0 Å². The van der Waals surface area contributed by atoms with Crippen molar-refractivity contribution in [3.63, 3.8) is 0 Å². The van der Waals surface area contributed by atoms with E-state index in [9.17, 15) is 0 Å². The molecule has 3 aliphatic rings. The van der Waals surface area contributed by atoms with Crippen LogP contribution in [0, 0.1) is 17.4 Å². The normalized spacial score (nSPS) is 36.4. The first-order valence-electron chi connectivity index (χ1n) is 5.68. The monoisotopic (exact) mass is 270 g/mol. The van der Waals surface area contributed by atoms with E-state index in [1.54, 1.807) is 0 Å². The summed E-state index contributed by atoms with van der Waals surface area (Å²) in [5, 5.41) is 0.786. The minimum Gasteiger partial charge on any atom is -0.138 e. The Balaban J connectivity index is 1.88. The molecule has 0 aromatic heterocycles. The minimum atomic E-state index is -0.136. The molecule has 78 valence electrons. The summed E-state index contributed by atoms with van der Waals surface area (Å²) in [6, 6.07) is 0. The molecule has 2 heteroatoms. The molecule has 0 unspecified atom stereocenters. The van der Waals surface area contributed by atoms with Gasteiger partial charge in [0.05, 0.1) is 4.32 Å². The van der Waals surface area contributed by atoms with Gasteiger partial charge in [-0.25, -0.2) is 0 Å². The first kappa shape index (κ1) is 10.8. The Bertz CT molecular complexity index is 267. The fourth-order valence-electron chi connectivity index (χ4n) is 3.01. The highest BCUT2D eigenvalue weighted by atomic mass is 79.9. The van der Waals surface area contributed by atoms with Gasteiger partial charge in [0.15, 0.2) is 0 Å². The number of alkyl halides is 1. The van der Waals surface area contributed by atoms with Crippen molar-refractivity contribution in [2.45, 2.75) is 55.3 Å². The Kier molecular flexibility index (Phi) is 2.83. The lowest BCUT2D eigenvalue weighted by molar-refractivity contribution is 0.131. The third kappa shape index (κ3) is 2.43. The van der Waals surface area contributed by atoms with Crippen LogP contribution in [0.4, 0.5) is 0 Å². The summed E-state index contributed by atoms with van der Waals surface area (Å²) in [4.78, 5) is 0. The van der Waals surface area contributed by atoms with Crippen molar-refractivity contribution >= 4 is 25.4 Å². The number of hydrogen-bond acceptors (Lipinski definition) is 0. The maximum absolute atomic E-state index is 3.58. The molecule has 0 aliphatic heterocycles. The van der Waals surface area contributed by atoms with Crippen molar-refractivity contribution < 1.29 is 0 Å². The zero-order chi connectivity index (χ0) is 10.2. The Morgan fingerprint density at radius 1 is 1.43 bits per heavy atom. The van der Waals surface area contributed by atoms with Gasteiger partial charge in [-0.15, -0.1) is 5.54 Å². The lowest BCUT2D eigenvalue weighted by atomic mass is 9.64. The molecule has 0 aromatic rings. The van der Waals surface area contributed by atoms with Gasteiger partial charge in [0.25, 0.3) is 0 Å². The van der Waals surface area contributed by atoms with E-state index in [0.717, 1.165) is 11.0 Å². The van der Waals surface area contributed by atoms with Gasteiger partial charge in [0.1, 0.15) is 9.52 Å². The molecule has 2 bridgehead atoms. The second-order valence-corrected chi connectivity index (χ2v) is 9.81. The van der Waals surface area contributed by atoms with Gasteiger partial charge in [-0.05, 0) is 44.1 Å². The first-order chi connectivity index (χ1) is 6.49. The van der Waals surface area contributed by atoms with Crippen LogP contribution in [-0.2, 0) is 0 Å². The van der Waals surface area contributed by atoms with Crippen LogP contribution >= 0.6 is 15.9 Å². The Labute approximate surface area is 98.2 Å². The van der Waals surface area contributed by atoms with Gasteiger partial charge in [-0.3, -0.25) is 0 Å². The van der Waals surface area contributed by atoms with Crippen LogP contribution in [0.5, 0.6) is 0 Å². The summed E-state index contributed by atoms with van der Waals surface area (Å²) in [6.45, 7) is 4.27. The predicted octanol–water partition coefficient (Wildman–Crippen LogP) is 3.04. The number of rotatable bonds is 1. The van der Waals surface area contributed by atoms with E-state index in [0.29, 0.717) is 0 Å². The smallest absolute Gasteiger partial charge is 0.113 e. The van der Waals surface area contributed by atoms with Crippen LogP contribution in [0.25, 0.3) is 0 Å². The average molecular weight is 271 g/mol. The standard InChI is InChI=1S/C12H19BrSi/c1-11(2,13)6-7-14-12-5-3-4-10(8-12)9-12/h10H,3-5,8-9,14H2,1-2H3. The second kappa shape index (κ2) is 3.68. The summed E-state index contributed by atoms with van der Waals surface area (Å²) in [5.41, 5.74) is 3.52. The van der Waals surface area contributed by atoms with Crippen molar-refractivity contribution in [1.29, 1.82) is 0 Å². The van der Waals surface area contributed by atoms with E-state index in [4.69, 9.17) is 0 Å². The molecule has 0 heterocycles. The molecule has 3 fully saturated rings. The van der Waals surface area contributed by atoms with Gasteiger partial charge in [0.2, 0.25) is 0 Å². The van der Waals surface area contributed by atoms with Gasteiger partial charge in [0, 0.05) is 0 Å². The number of halogens is 1. The van der Waals surface area contributed by atoms with Gasteiger partial charge < -0.3 is 0 Å². The molecule has 3 rings (SSSR count). The van der Waals surface area contributed by atoms with E-state index in [1.165, 1.54) is 32.1 Å². The molecule has 0 atom stereocenters. The Morgan fingerprint density at radius 3 is 2.64 bits per heavy atom.